The number of carbonyl (C=O) groups is 2. The highest BCUT2D eigenvalue weighted by Crippen LogP contribution is 2.41. The second-order valence-electron chi connectivity index (χ2n) is 8.01. The van der Waals surface area contributed by atoms with Gasteiger partial charge in [0.1, 0.15) is 17.9 Å². The normalized spacial score (nSPS) is 23.9. The standard InChI is InChI=1S/C19H25N3O6S2/c1-19(2,3)28-18(24)20-9-16(23)21-17-22(12-5-7-13(27-4)8-6-12)14-10-30(25,26)11-15(14)29-17/h5-8,14-15H,9-11H2,1-4H3,(H,20,24). The number of rotatable bonds is 4. The van der Waals surface area contributed by atoms with Crippen molar-refractivity contribution in [1.29, 1.82) is 0 Å². The van der Waals surface area contributed by atoms with Gasteiger partial charge in [0.15, 0.2) is 15.0 Å². The van der Waals surface area contributed by atoms with E-state index in [1.807, 2.05) is 0 Å². The minimum absolute atomic E-state index is 0.0000644. The van der Waals surface area contributed by atoms with Gasteiger partial charge in [-0.2, -0.15) is 4.99 Å². The Kier molecular flexibility index (Phi) is 6.32. The van der Waals surface area contributed by atoms with E-state index in [0.717, 1.165) is 5.69 Å². The summed E-state index contributed by atoms with van der Waals surface area (Å²) < 4.78 is 34.5. The first kappa shape index (κ1) is 22.4. The van der Waals surface area contributed by atoms with Gasteiger partial charge in [0, 0.05) is 10.9 Å². The fraction of sp³-hybridized carbons (Fsp3) is 0.526. The second-order valence-corrected chi connectivity index (χ2v) is 11.4. The second kappa shape index (κ2) is 8.46. The Labute approximate surface area is 180 Å². The van der Waals surface area contributed by atoms with Crippen molar-refractivity contribution in [1.82, 2.24) is 5.32 Å². The molecule has 3 rings (SSSR count). The zero-order valence-corrected chi connectivity index (χ0v) is 18.9. The van der Waals surface area contributed by atoms with Crippen LogP contribution in [0.3, 0.4) is 0 Å². The van der Waals surface area contributed by atoms with Crippen molar-refractivity contribution in [2.45, 2.75) is 37.7 Å². The number of alkyl carbamates (subject to hydrolysis) is 1. The SMILES string of the molecule is COc1ccc(N2C(=NC(=O)CNC(=O)OC(C)(C)C)SC3CS(=O)(=O)CC32)cc1. The number of amides is 2. The van der Waals surface area contributed by atoms with Crippen LogP contribution in [-0.4, -0.2) is 67.6 Å². The molecule has 0 aromatic heterocycles. The fourth-order valence-electron chi connectivity index (χ4n) is 3.22. The Hall–Kier alpha value is -2.27. The number of thioether (sulfide) groups is 1. The summed E-state index contributed by atoms with van der Waals surface area (Å²) in [5.74, 6) is 0.153. The molecule has 2 aliphatic heterocycles. The maximum absolute atomic E-state index is 12.4. The minimum Gasteiger partial charge on any atom is -0.497 e. The number of methoxy groups -OCH3 is 1. The summed E-state index contributed by atoms with van der Waals surface area (Å²) in [6, 6.07) is 6.82. The molecule has 0 radical (unpaired) electrons. The van der Waals surface area contributed by atoms with Crippen molar-refractivity contribution in [3.05, 3.63) is 24.3 Å². The molecule has 2 aliphatic rings. The summed E-state index contributed by atoms with van der Waals surface area (Å²) in [5.41, 5.74) is 0.0496. The zero-order valence-electron chi connectivity index (χ0n) is 17.2. The molecule has 1 N–H and O–H groups in total. The maximum atomic E-state index is 12.4. The lowest BCUT2D eigenvalue weighted by atomic mass is 10.2. The molecule has 11 heteroatoms. The van der Waals surface area contributed by atoms with Crippen LogP contribution in [0.15, 0.2) is 29.3 Å². The largest absolute Gasteiger partial charge is 0.497 e. The molecule has 2 fully saturated rings. The van der Waals surface area contributed by atoms with Gasteiger partial charge < -0.3 is 19.7 Å². The molecule has 30 heavy (non-hydrogen) atoms. The number of aliphatic imine (C=N–C) groups is 1. The highest BCUT2D eigenvalue weighted by molar-refractivity contribution is 8.16. The van der Waals surface area contributed by atoms with E-state index < -0.39 is 27.4 Å². The number of ether oxygens (including phenoxy) is 2. The average Bonchev–Trinajstić information content (AvgIpc) is 3.09. The Balaban J connectivity index is 1.78. The summed E-state index contributed by atoms with van der Waals surface area (Å²) in [6.45, 7) is 4.86. The highest BCUT2D eigenvalue weighted by atomic mass is 32.2. The molecule has 9 nitrogen and oxygen atoms in total. The third-order valence-corrected chi connectivity index (χ3v) is 7.63. The molecule has 0 spiro atoms. The number of benzene rings is 1. The number of carbonyl (C=O) groups excluding carboxylic acids is 2. The molecular weight excluding hydrogens is 430 g/mol. The molecule has 0 aliphatic carbocycles. The monoisotopic (exact) mass is 455 g/mol. The number of anilines is 1. The van der Waals surface area contributed by atoms with E-state index in [1.165, 1.54) is 11.8 Å². The molecule has 0 bridgehead atoms. The van der Waals surface area contributed by atoms with Gasteiger partial charge in [-0.05, 0) is 45.0 Å². The first-order valence-electron chi connectivity index (χ1n) is 9.36. The van der Waals surface area contributed by atoms with E-state index in [0.29, 0.717) is 10.9 Å². The minimum atomic E-state index is -3.15. The highest BCUT2D eigenvalue weighted by Gasteiger charge is 2.49. The first-order valence-corrected chi connectivity index (χ1v) is 12.1. The van der Waals surface area contributed by atoms with Crippen LogP contribution in [0, 0.1) is 0 Å². The van der Waals surface area contributed by atoms with E-state index in [9.17, 15) is 18.0 Å². The molecule has 2 atom stereocenters. The van der Waals surface area contributed by atoms with E-state index in [1.54, 1.807) is 57.0 Å². The van der Waals surface area contributed by atoms with Gasteiger partial charge in [0.2, 0.25) is 0 Å². The number of sulfone groups is 1. The summed E-state index contributed by atoms with van der Waals surface area (Å²) >= 11 is 1.27. The number of hydrogen-bond donors (Lipinski definition) is 1. The van der Waals surface area contributed by atoms with Crippen LogP contribution in [0.4, 0.5) is 10.5 Å². The molecule has 1 aromatic carbocycles. The molecule has 164 valence electrons. The van der Waals surface area contributed by atoms with Gasteiger partial charge in [-0.25, -0.2) is 13.2 Å². The number of nitrogens with zero attached hydrogens (tertiary/aromatic N) is 2. The van der Waals surface area contributed by atoms with Gasteiger partial charge in [-0.1, -0.05) is 11.8 Å². The van der Waals surface area contributed by atoms with Crippen LogP contribution >= 0.6 is 11.8 Å². The summed E-state index contributed by atoms with van der Waals surface area (Å²) in [7, 11) is -1.59. The number of nitrogens with one attached hydrogen (secondary N) is 1. The van der Waals surface area contributed by atoms with E-state index in [2.05, 4.69) is 10.3 Å². The van der Waals surface area contributed by atoms with Crippen LogP contribution in [0.5, 0.6) is 5.75 Å². The molecular formula is C19H25N3O6S2. The third-order valence-electron chi connectivity index (χ3n) is 4.42. The Morgan fingerprint density at radius 2 is 1.90 bits per heavy atom. The van der Waals surface area contributed by atoms with Crippen molar-refractivity contribution < 1.29 is 27.5 Å². The molecule has 2 unspecified atom stereocenters. The van der Waals surface area contributed by atoms with Crippen LogP contribution in [0.1, 0.15) is 20.8 Å². The zero-order chi connectivity index (χ0) is 22.1. The van der Waals surface area contributed by atoms with Gasteiger partial charge in [0.05, 0.1) is 24.7 Å². The van der Waals surface area contributed by atoms with Crippen LogP contribution < -0.4 is 15.0 Å². The van der Waals surface area contributed by atoms with Gasteiger partial charge >= 0.3 is 6.09 Å². The molecule has 0 saturated carbocycles. The topological polar surface area (TPSA) is 114 Å². The lowest BCUT2D eigenvalue weighted by Gasteiger charge is -2.24. The van der Waals surface area contributed by atoms with E-state index in [4.69, 9.17) is 9.47 Å². The van der Waals surface area contributed by atoms with E-state index in [-0.39, 0.29) is 29.3 Å². The fourth-order valence-corrected chi connectivity index (χ4v) is 7.15. The summed E-state index contributed by atoms with van der Waals surface area (Å²) in [6.07, 6.45) is -0.704. The van der Waals surface area contributed by atoms with Gasteiger partial charge in [0.25, 0.3) is 5.91 Å². The maximum Gasteiger partial charge on any atom is 0.408 e. The van der Waals surface area contributed by atoms with Crippen molar-refractivity contribution >= 4 is 44.5 Å². The van der Waals surface area contributed by atoms with Gasteiger partial charge in [-0.15, -0.1) is 0 Å². The quantitative estimate of drug-likeness (QED) is 0.731. The van der Waals surface area contributed by atoms with Crippen molar-refractivity contribution in [3.8, 4) is 5.75 Å². The smallest absolute Gasteiger partial charge is 0.408 e. The number of hydrogen-bond acceptors (Lipinski definition) is 7. The van der Waals surface area contributed by atoms with E-state index >= 15 is 0 Å². The van der Waals surface area contributed by atoms with Gasteiger partial charge in [-0.3, -0.25) is 4.79 Å². The Morgan fingerprint density at radius 1 is 1.23 bits per heavy atom. The lowest BCUT2D eigenvalue weighted by Crippen LogP contribution is -2.38. The average molecular weight is 456 g/mol. The van der Waals surface area contributed by atoms with Crippen molar-refractivity contribution in [2.24, 2.45) is 4.99 Å². The van der Waals surface area contributed by atoms with Crippen LogP contribution in [0.2, 0.25) is 0 Å². The van der Waals surface area contributed by atoms with Crippen molar-refractivity contribution in [2.75, 3.05) is 30.1 Å². The van der Waals surface area contributed by atoms with Crippen LogP contribution in [-0.2, 0) is 19.4 Å². The predicted octanol–water partition coefficient (Wildman–Crippen LogP) is 1.82. The summed E-state index contributed by atoms with van der Waals surface area (Å²) in [4.78, 5) is 30.0. The van der Waals surface area contributed by atoms with Crippen LogP contribution in [0.25, 0.3) is 0 Å². The Morgan fingerprint density at radius 3 is 2.50 bits per heavy atom. The molecule has 1 aromatic rings. The molecule has 2 saturated heterocycles. The number of amidine groups is 1. The summed E-state index contributed by atoms with van der Waals surface area (Å²) in [5, 5.41) is 2.60. The van der Waals surface area contributed by atoms with Crippen molar-refractivity contribution in [3.63, 3.8) is 0 Å². The predicted molar refractivity (Wildman–Crippen MR) is 116 cm³/mol. The molecule has 2 amide bonds. The third kappa shape index (κ3) is 5.45. The lowest BCUT2D eigenvalue weighted by molar-refractivity contribution is -0.117. The Bertz CT molecular complexity index is 953. The number of fused-ring (bicyclic) bond motifs is 1. The molecule has 2 heterocycles. The first-order chi connectivity index (χ1) is 14.0.